The van der Waals surface area contributed by atoms with Gasteiger partial charge in [-0.05, 0) is 90.4 Å². The molecule has 2 aromatic rings. The number of nitriles is 2. The van der Waals surface area contributed by atoms with Crippen LogP contribution in [0.4, 0.5) is 5.69 Å². The van der Waals surface area contributed by atoms with Crippen LogP contribution in [0.1, 0.15) is 23.6 Å². The van der Waals surface area contributed by atoms with Crippen LogP contribution in [0.25, 0.3) is 6.08 Å². The Morgan fingerprint density at radius 2 is 1.93 bits per heavy atom. The van der Waals surface area contributed by atoms with E-state index in [1.807, 2.05) is 45.0 Å². The summed E-state index contributed by atoms with van der Waals surface area (Å²) in [6, 6.07) is 12.9. The minimum Gasteiger partial charge on any atom is -0.490 e. The molecule has 0 bridgehead atoms. The second-order valence-corrected chi connectivity index (χ2v) is 7.29. The number of hydrogen-bond donors (Lipinski definition) is 1. The Morgan fingerprint density at radius 3 is 2.55 bits per heavy atom. The topological polar surface area (TPSA) is 95.1 Å². The first-order valence-corrected chi connectivity index (χ1v) is 9.94. The third kappa shape index (κ3) is 5.97. The Morgan fingerprint density at radius 1 is 1.17 bits per heavy atom. The Balaban J connectivity index is 2.33. The molecule has 0 saturated carbocycles. The zero-order chi connectivity index (χ0) is 21.4. The van der Waals surface area contributed by atoms with Gasteiger partial charge in [0.15, 0.2) is 18.1 Å². The number of aryl methyl sites for hydroxylation is 2. The van der Waals surface area contributed by atoms with Gasteiger partial charge in [-0.3, -0.25) is 4.79 Å². The molecule has 2 aromatic carbocycles. The Bertz CT molecular complexity index is 1030. The number of benzene rings is 2. The van der Waals surface area contributed by atoms with Gasteiger partial charge in [-0.25, -0.2) is 0 Å². The van der Waals surface area contributed by atoms with Crippen molar-refractivity contribution < 1.29 is 14.3 Å². The number of rotatable bonds is 7. The van der Waals surface area contributed by atoms with Gasteiger partial charge in [0.2, 0.25) is 0 Å². The van der Waals surface area contributed by atoms with E-state index in [9.17, 15) is 10.1 Å². The highest BCUT2D eigenvalue weighted by Gasteiger charge is 2.14. The van der Waals surface area contributed by atoms with E-state index in [1.165, 1.54) is 6.08 Å². The lowest BCUT2D eigenvalue weighted by Crippen LogP contribution is -2.13. The first-order chi connectivity index (χ1) is 13.9. The van der Waals surface area contributed by atoms with Gasteiger partial charge in [-0.1, -0.05) is 6.07 Å². The molecule has 1 amide bonds. The van der Waals surface area contributed by atoms with E-state index in [0.717, 1.165) is 11.1 Å². The molecule has 0 heterocycles. The minimum atomic E-state index is -0.492. The number of amides is 1. The lowest BCUT2D eigenvalue weighted by atomic mass is 10.1. The third-order valence-corrected chi connectivity index (χ3v) is 4.85. The van der Waals surface area contributed by atoms with Crippen molar-refractivity contribution in [1.82, 2.24) is 0 Å². The summed E-state index contributed by atoms with van der Waals surface area (Å²) in [4.78, 5) is 12.6. The number of carbonyl (C=O) groups excluding carboxylic acids is 1. The molecular weight excluding hydrogens is 481 g/mol. The maximum Gasteiger partial charge on any atom is 0.266 e. The average molecular weight is 501 g/mol. The number of anilines is 1. The van der Waals surface area contributed by atoms with Gasteiger partial charge in [0.25, 0.3) is 5.91 Å². The number of hydrogen-bond acceptors (Lipinski definition) is 5. The molecule has 0 fully saturated rings. The van der Waals surface area contributed by atoms with E-state index in [-0.39, 0.29) is 12.2 Å². The molecule has 1 N–H and O–H groups in total. The monoisotopic (exact) mass is 501 g/mol. The van der Waals surface area contributed by atoms with Crippen molar-refractivity contribution in [3.8, 4) is 23.6 Å². The standard InChI is InChI=1S/C22H20IN3O3/c1-4-28-20-12-16(11-19(23)21(20)29-8-7-24)10-17(13-25)22(27)26-18-6-5-14(2)15(3)9-18/h5-6,9-12H,4,8H2,1-3H3,(H,26,27)/b17-10+. The fraction of sp³-hybridized carbons (Fsp3) is 0.227. The average Bonchev–Trinajstić information content (AvgIpc) is 2.68. The Kier molecular flexibility index (Phi) is 8.05. The molecule has 0 aliphatic rings. The van der Waals surface area contributed by atoms with Crippen LogP contribution >= 0.6 is 22.6 Å². The molecule has 0 aliphatic heterocycles. The fourth-order valence-electron chi connectivity index (χ4n) is 2.51. The number of halogens is 1. The third-order valence-electron chi connectivity index (χ3n) is 4.05. The van der Waals surface area contributed by atoms with E-state index in [1.54, 1.807) is 18.2 Å². The molecule has 0 radical (unpaired) electrons. The SMILES string of the molecule is CCOc1cc(/C=C(\C#N)C(=O)Nc2ccc(C)c(C)c2)cc(I)c1OCC#N. The van der Waals surface area contributed by atoms with Crippen LogP contribution in [0, 0.1) is 40.1 Å². The van der Waals surface area contributed by atoms with Crippen LogP contribution in [-0.2, 0) is 4.79 Å². The van der Waals surface area contributed by atoms with Gasteiger partial charge in [0, 0.05) is 5.69 Å². The smallest absolute Gasteiger partial charge is 0.266 e. The van der Waals surface area contributed by atoms with Crippen LogP contribution in [0.3, 0.4) is 0 Å². The van der Waals surface area contributed by atoms with Crippen molar-refractivity contribution in [2.75, 3.05) is 18.5 Å². The number of carbonyl (C=O) groups is 1. The molecule has 0 saturated heterocycles. The zero-order valence-electron chi connectivity index (χ0n) is 16.4. The van der Waals surface area contributed by atoms with Crippen LogP contribution in [0.5, 0.6) is 11.5 Å². The predicted molar refractivity (Wildman–Crippen MR) is 120 cm³/mol. The molecule has 6 nitrogen and oxygen atoms in total. The number of nitrogens with zero attached hydrogens (tertiary/aromatic N) is 2. The van der Waals surface area contributed by atoms with E-state index in [0.29, 0.717) is 32.9 Å². The summed E-state index contributed by atoms with van der Waals surface area (Å²) in [6.07, 6.45) is 1.50. The van der Waals surface area contributed by atoms with Crippen LogP contribution in [-0.4, -0.2) is 19.1 Å². The molecular formula is C22H20IN3O3. The predicted octanol–water partition coefficient (Wildman–Crippen LogP) is 4.75. The van der Waals surface area contributed by atoms with Gasteiger partial charge >= 0.3 is 0 Å². The molecule has 148 valence electrons. The maximum absolute atomic E-state index is 12.6. The van der Waals surface area contributed by atoms with Crippen LogP contribution in [0.15, 0.2) is 35.9 Å². The van der Waals surface area contributed by atoms with Crippen LogP contribution < -0.4 is 14.8 Å². The van der Waals surface area contributed by atoms with E-state index < -0.39 is 5.91 Å². The quantitative estimate of drug-likeness (QED) is 0.336. The highest BCUT2D eigenvalue weighted by Crippen LogP contribution is 2.35. The second-order valence-electron chi connectivity index (χ2n) is 6.13. The lowest BCUT2D eigenvalue weighted by molar-refractivity contribution is -0.112. The normalized spacial score (nSPS) is 10.6. The zero-order valence-corrected chi connectivity index (χ0v) is 18.5. The summed E-state index contributed by atoms with van der Waals surface area (Å²) >= 11 is 2.07. The van der Waals surface area contributed by atoms with Crippen molar-refractivity contribution in [1.29, 1.82) is 10.5 Å². The molecule has 0 aromatic heterocycles. The van der Waals surface area contributed by atoms with Gasteiger partial charge in [-0.2, -0.15) is 10.5 Å². The van der Waals surface area contributed by atoms with Gasteiger partial charge in [-0.15, -0.1) is 0 Å². The highest BCUT2D eigenvalue weighted by molar-refractivity contribution is 14.1. The Hall–Kier alpha value is -3.04. The summed E-state index contributed by atoms with van der Waals surface area (Å²) in [5, 5.41) is 21.0. The molecule has 0 atom stereocenters. The highest BCUT2D eigenvalue weighted by atomic mass is 127. The lowest BCUT2D eigenvalue weighted by Gasteiger charge is -2.13. The minimum absolute atomic E-state index is 0.0350. The van der Waals surface area contributed by atoms with Gasteiger partial charge in [0.1, 0.15) is 17.7 Å². The van der Waals surface area contributed by atoms with E-state index in [4.69, 9.17) is 14.7 Å². The van der Waals surface area contributed by atoms with Gasteiger partial charge < -0.3 is 14.8 Å². The van der Waals surface area contributed by atoms with Crippen molar-refractivity contribution in [2.45, 2.75) is 20.8 Å². The fourth-order valence-corrected chi connectivity index (χ4v) is 3.29. The summed E-state index contributed by atoms with van der Waals surface area (Å²) in [5.41, 5.74) is 3.38. The van der Waals surface area contributed by atoms with E-state index in [2.05, 4.69) is 27.9 Å². The van der Waals surface area contributed by atoms with Crippen molar-refractivity contribution in [3.63, 3.8) is 0 Å². The van der Waals surface area contributed by atoms with E-state index >= 15 is 0 Å². The van der Waals surface area contributed by atoms with Crippen LogP contribution in [0.2, 0.25) is 0 Å². The summed E-state index contributed by atoms with van der Waals surface area (Å²) < 4.78 is 11.8. The number of nitrogens with one attached hydrogen (secondary N) is 1. The molecule has 7 heteroatoms. The first kappa shape index (κ1) is 22.3. The summed E-state index contributed by atoms with van der Waals surface area (Å²) in [6.45, 7) is 6.08. The van der Waals surface area contributed by atoms with Crippen molar-refractivity contribution in [2.24, 2.45) is 0 Å². The summed E-state index contributed by atoms with van der Waals surface area (Å²) in [5.74, 6) is 0.422. The first-order valence-electron chi connectivity index (χ1n) is 8.86. The maximum atomic E-state index is 12.6. The number of ether oxygens (including phenoxy) is 2. The molecule has 0 unspecified atom stereocenters. The van der Waals surface area contributed by atoms with Crippen molar-refractivity contribution in [3.05, 3.63) is 56.2 Å². The Labute approximate surface area is 183 Å². The second kappa shape index (κ2) is 10.5. The molecule has 2 rings (SSSR count). The van der Waals surface area contributed by atoms with Gasteiger partial charge in [0.05, 0.1) is 10.2 Å². The molecule has 29 heavy (non-hydrogen) atoms. The summed E-state index contributed by atoms with van der Waals surface area (Å²) in [7, 11) is 0. The van der Waals surface area contributed by atoms with Crippen molar-refractivity contribution >= 4 is 40.3 Å². The molecule has 0 spiro atoms. The molecule has 0 aliphatic carbocycles. The largest absolute Gasteiger partial charge is 0.490 e.